The first-order valence-electron chi connectivity index (χ1n) is 13.8. The molecule has 4 aromatic heterocycles. The van der Waals surface area contributed by atoms with Crippen LogP contribution in [0.2, 0.25) is 5.15 Å². The average molecular weight is 727 g/mol. The van der Waals surface area contributed by atoms with E-state index in [0.717, 1.165) is 27.7 Å². The molecule has 6 aromatic rings. The maximum Gasteiger partial charge on any atom is 0.388 e. The first-order chi connectivity index (χ1) is 23.9. The molecule has 0 radical (unpaired) electrons. The molecule has 0 spiro atoms. The number of hydrogen-bond donors (Lipinski definition) is 1. The maximum atomic E-state index is 13.8. The molecule has 260 valence electrons. The number of halogens is 9. The van der Waals surface area contributed by atoms with E-state index in [1.54, 1.807) is 12.1 Å². The molecule has 0 fully saturated rings. The van der Waals surface area contributed by atoms with Gasteiger partial charge in [0.1, 0.15) is 23.0 Å². The van der Waals surface area contributed by atoms with E-state index in [0.29, 0.717) is 6.20 Å². The van der Waals surface area contributed by atoms with Crippen molar-refractivity contribution in [3.05, 3.63) is 123 Å². The van der Waals surface area contributed by atoms with Gasteiger partial charge in [-0.1, -0.05) is 48.0 Å². The highest BCUT2D eigenvalue weighted by molar-refractivity contribution is 6.29. The number of benzene rings is 2. The van der Waals surface area contributed by atoms with E-state index in [1.807, 2.05) is 0 Å². The molecule has 6 rings (SSSR count). The van der Waals surface area contributed by atoms with Gasteiger partial charge in [-0.05, 0) is 12.1 Å². The topological polar surface area (TPSA) is 126 Å². The molecule has 11 nitrogen and oxygen atoms in total. The standard InChI is InChI=1S/C15H9ClF4N4O.C15H10F4N4O2/c16-13-10(18)6-21-14(22-13)11-5-12(25-15(19)20)24(23-11)7-8-3-1-2-4-9(8)17;16-9-4-2-1-3-8(9)7-23-12(25-15(18)19)5-11(22-23)13-20-6-10(17)14(24)21-13/h1-6,15H,7H2;1-6,15H,7H2,(H,20,21,24). The molecule has 0 saturated heterocycles. The van der Waals surface area contributed by atoms with Gasteiger partial charge in [0, 0.05) is 23.3 Å². The summed E-state index contributed by atoms with van der Waals surface area (Å²) in [5.41, 5.74) is -0.644. The Morgan fingerprint density at radius 3 is 1.70 bits per heavy atom. The first kappa shape index (κ1) is 35.5. The van der Waals surface area contributed by atoms with Gasteiger partial charge >= 0.3 is 13.2 Å². The summed E-state index contributed by atoms with van der Waals surface area (Å²) in [6.07, 6.45) is 1.51. The second kappa shape index (κ2) is 15.6. The van der Waals surface area contributed by atoms with E-state index in [9.17, 15) is 39.9 Å². The van der Waals surface area contributed by atoms with Crippen molar-refractivity contribution in [1.29, 1.82) is 0 Å². The van der Waals surface area contributed by atoms with Crippen LogP contribution >= 0.6 is 11.6 Å². The van der Waals surface area contributed by atoms with E-state index >= 15 is 0 Å². The van der Waals surface area contributed by atoms with Crippen LogP contribution in [0.15, 0.2) is 77.9 Å². The van der Waals surface area contributed by atoms with E-state index in [2.05, 4.69) is 39.6 Å². The summed E-state index contributed by atoms with van der Waals surface area (Å²) in [7, 11) is 0. The van der Waals surface area contributed by atoms with Crippen molar-refractivity contribution < 1.29 is 44.6 Å². The summed E-state index contributed by atoms with van der Waals surface area (Å²) in [5.74, 6) is -3.91. The Morgan fingerprint density at radius 1 is 0.700 bits per heavy atom. The summed E-state index contributed by atoms with van der Waals surface area (Å²) in [6, 6.07) is 13.8. The lowest BCUT2D eigenvalue weighted by Gasteiger charge is -2.08. The SMILES string of the molecule is Fc1ccccc1Cn1nc(-c2ncc(F)c(Cl)n2)cc1OC(F)F.O=c1[nH]c(-c2cc(OC(F)F)n(Cc3ccccc3F)n2)ncc1F. The Labute approximate surface area is 279 Å². The van der Waals surface area contributed by atoms with Gasteiger partial charge in [0.2, 0.25) is 17.6 Å². The summed E-state index contributed by atoms with van der Waals surface area (Å²) >= 11 is 5.58. The van der Waals surface area contributed by atoms with E-state index in [4.69, 9.17) is 11.6 Å². The fourth-order valence-corrected chi connectivity index (χ4v) is 4.31. The third kappa shape index (κ3) is 8.78. The van der Waals surface area contributed by atoms with Crippen LogP contribution in [0, 0.1) is 23.3 Å². The summed E-state index contributed by atoms with van der Waals surface area (Å²) in [5, 5.41) is 7.56. The van der Waals surface area contributed by atoms with Crippen LogP contribution < -0.4 is 15.0 Å². The van der Waals surface area contributed by atoms with Gasteiger partial charge in [-0.25, -0.2) is 37.5 Å². The number of aromatic amines is 1. The first-order valence-corrected chi connectivity index (χ1v) is 14.2. The summed E-state index contributed by atoms with van der Waals surface area (Å²) < 4.78 is 115. The highest BCUT2D eigenvalue weighted by atomic mass is 35.5. The minimum atomic E-state index is -3.14. The fraction of sp³-hybridized carbons (Fsp3) is 0.133. The smallest absolute Gasteiger partial charge is 0.388 e. The number of rotatable bonds is 10. The Balaban J connectivity index is 0.000000194. The van der Waals surface area contributed by atoms with E-state index in [-0.39, 0.29) is 59.0 Å². The Bertz CT molecular complexity index is 2160. The number of nitrogens with one attached hydrogen (secondary N) is 1. The summed E-state index contributed by atoms with van der Waals surface area (Å²) in [6.45, 7) is -6.60. The van der Waals surface area contributed by atoms with Crippen molar-refractivity contribution in [2.45, 2.75) is 26.3 Å². The van der Waals surface area contributed by atoms with Crippen molar-refractivity contribution >= 4 is 11.6 Å². The number of H-pyrrole nitrogens is 1. The van der Waals surface area contributed by atoms with Gasteiger partial charge in [0.15, 0.2) is 22.6 Å². The van der Waals surface area contributed by atoms with Crippen LogP contribution in [0.25, 0.3) is 23.0 Å². The van der Waals surface area contributed by atoms with Crippen LogP contribution in [0.4, 0.5) is 35.1 Å². The van der Waals surface area contributed by atoms with E-state index < -0.39 is 47.2 Å². The highest BCUT2D eigenvalue weighted by Crippen LogP contribution is 2.26. The van der Waals surface area contributed by atoms with Gasteiger partial charge in [-0.15, -0.1) is 0 Å². The van der Waals surface area contributed by atoms with Crippen molar-refractivity contribution in [3.8, 4) is 34.8 Å². The quantitative estimate of drug-likeness (QED) is 0.126. The van der Waals surface area contributed by atoms with Crippen molar-refractivity contribution in [3.63, 3.8) is 0 Å². The van der Waals surface area contributed by atoms with Crippen LogP contribution in [-0.4, -0.2) is 52.7 Å². The van der Waals surface area contributed by atoms with Crippen LogP contribution in [0.5, 0.6) is 11.8 Å². The molecule has 0 bridgehead atoms. The molecule has 50 heavy (non-hydrogen) atoms. The van der Waals surface area contributed by atoms with Gasteiger partial charge in [-0.3, -0.25) is 4.79 Å². The normalized spacial score (nSPS) is 11.1. The average Bonchev–Trinajstić information content (AvgIpc) is 3.65. The van der Waals surface area contributed by atoms with Crippen molar-refractivity contribution in [1.82, 2.24) is 39.5 Å². The number of nitrogens with zero attached hydrogens (tertiary/aromatic N) is 7. The second-order valence-electron chi connectivity index (χ2n) is 9.73. The Kier molecular flexibility index (Phi) is 11.0. The van der Waals surface area contributed by atoms with Gasteiger partial charge < -0.3 is 14.5 Å². The third-order valence-corrected chi connectivity index (χ3v) is 6.66. The third-order valence-electron chi connectivity index (χ3n) is 6.39. The highest BCUT2D eigenvalue weighted by Gasteiger charge is 2.20. The lowest BCUT2D eigenvalue weighted by Crippen LogP contribution is -2.13. The van der Waals surface area contributed by atoms with Crippen molar-refractivity contribution in [2.24, 2.45) is 0 Å². The molecule has 2 aromatic carbocycles. The second-order valence-corrected chi connectivity index (χ2v) is 10.1. The molecule has 0 aliphatic heterocycles. The largest absolute Gasteiger partial charge is 0.417 e. The molecule has 0 atom stereocenters. The Hall–Kier alpha value is -5.85. The minimum Gasteiger partial charge on any atom is -0.417 e. The molecule has 4 heterocycles. The molecule has 0 aliphatic rings. The maximum absolute atomic E-state index is 13.8. The number of hydrogen-bond acceptors (Lipinski definition) is 8. The van der Waals surface area contributed by atoms with Gasteiger partial charge in [0.05, 0.1) is 25.5 Å². The van der Waals surface area contributed by atoms with Crippen LogP contribution in [0.1, 0.15) is 11.1 Å². The Morgan fingerprint density at radius 2 is 1.20 bits per heavy atom. The van der Waals surface area contributed by atoms with E-state index in [1.165, 1.54) is 36.4 Å². The lowest BCUT2D eigenvalue weighted by atomic mass is 10.2. The summed E-state index contributed by atoms with van der Waals surface area (Å²) in [4.78, 5) is 24.5. The zero-order chi connectivity index (χ0) is 35.9. The molecular formula is C30H19ClF8N8O3. The lowest BCUT2D eigenvalue weighted by molar-refractivity contribution is -0.0563. The molecule has 0 aliphatic carbocycles. The molecule has 0 amide bonds. The number of ether oxygens (including phenoxy) is 2. The number of aromatic nitrogens is 8. The van der Waals surface area contributed by atoms with Crippen LogP contribution in [0.3, 0.4) is 0 Å². The molecule has 0 unspecified atom stereocenters. The van der Waals surface area contributed by atoms with Crippen LogP contribution in [-0.2, 0) is 13.1 Å². The fourth-order valence-electron chi connectivity index (χ4n) is 4.18. The van der Waals surface area contributed by atoms with Crippen molar-refractivity contribution in [2.75, 3.05) is 0 Å². The monoisotopic (exact) mass is 726 g/mol. The molecule has 0 saturated carbocycles. The predicted molar refractivity (Wildman–Crippen MR) is 159 cm³/mol. The molecular weight excluding hydrogens is 708 g/mol. The molecule has 1 N–H and O–H groups in total. The van der Waals surface area contributed by atoms with Gasteiger partial charge in [0.25, 0.3) is 5.56 Å². The zero-order valence-corrected chi connectivity index (χ0v) is 25.5. The molecule has 20 heteroatoms. The van der Waals surface area contributed by atoms with Gasteiger partial charge in [-0.2, -0.15) is 32.1 Å². The zero-order valence-electron chi connectivity index (χ0n) is 24.8. The number of alkyl halides is 4. The minimum absolute atomic E-state index is 0.0221. The predicted octanol–water partition coefficient (Wildman–Crippen LogP) is 6.48.